The van der Waals surface area contributed by atoms with E-state index in [2.05, 4.69) is 9.93 Å². The molecule has 1 aromatic heterocycles. The van der Waals surface area contributed by atoms with Crippen molar-refractivity contribution in [3.05, 3.63) is 51.7 Å². The van der Waals surface area contributed by atoms with Gasteiger partial charge in [-0.25, -0.2) is 9.63 Å². The molecule has 0 saturated carbocycles. The van der Waals surface area contributed by atoms with E-state index in [0.717, 1.165) is 16.9 Å². The minimum atomic E-state index is -3.72. The molecule has 110 valence electrons. The van der Waals surface area contributed by atoms with Gasteiger partial charge in [0.25, 0.3) is 10.0 Å². The number of carboxylic acid groups (broad SMARTS) is 1. The summed E-state index contributed by atoms with van der Waals surface area (Å²) in [6, 6.07) is 9.34. The van der Waals surface area contributed by atoms with Gasteiger partial charge in [-0.15, -0.1) is 11.3 Å². The first kappa shape index (κ1) is 15.2. The lowest BCUT2D eigenvalue weighted by Crippen LogP contribution is -2.18. The number of sulfonamides is 1. The zero-order valence-corrected chi connectivity index (χ0v) is 12.6. The van der Waals surface area contributed by atoms with Gasteiger partial charge in [0.2, 0.25) is 0 Å². The SMILES string of the molecule is Cc1ccc(S(=O)(=O)NN=Cc2ccc(C(=O)O)s2)cc1. The highest BCUT2D eigenvalue weighted by atomic mass is 32.2. The second-order valence-electron chi connectivity index (χ2n) is 4.17. The third-order valence-corrected chi connectivity index (χ3v) is 4.78. The Bertz CT molecular complexity index is 777. The van der Waals surface area contributed by atoms with Crippen LogP contribution in [0.15, 0.2) is 46.4 Å². The van der Waals surface area contributed by atoms with Crippen molar-refractivity contribution in [3.8, 4) is 0 Å². The van der Waals surface area contributed by atoms with Crippen LogP contribution in [0.4, 0.5) is 0 Å². The summed E-state index contributed by atoms with van der Waals surface area (Å²) in [6.07, 6.45) is 1.27. The Balaban J connectivity index is 2.08. The molecule has 0 spiro atoms. The van der Waals surface area contributed by atoms with E-state index >= 15 is 0 Å². The summed E-state index contributed by atoms with van der Waals surface area (Å²) >= 11 is 1.01. The lowest BCUT2D eigenvalue weighted by Gasteiger charge is -2.02. The van der Waals surface area contributed by atoms with Crippen molar-refractivity contribution >= 4 is 33.5 Å². The third-order valence-electron chi connectivity index (χ3n) is 2.53. The maximum atomic E-state index is 11.9. The summed E-state index contributed by atoms with van der Waals surface area (Å²) in [7, 11) is -3.72. The number of nitrogens with zero attached hydrogens (tertiary/aromatic N) is 1. The number of thiophene rings is 1. The van der Waals surface area contributed by atoms with Crippen molar-refractivity contribution in [1.82, 2.24) is 4.83 Å². The van der Waals surface area contributed by atoms with Crippen molar-refractivity contribution in [2.24, 2.45) is 5.10 Å². The van der Waals surface area contributed by atoms with Gasteiger partial charge in [-0.05, 0) is 31.2 Å². The number of carboxylic acids is 1. The van der Waals surface area contributed by atoms with Crippen LogP contribution in [-0.4, -0.2) is 25.7 Å². The molecular weight excluding hydrogens is 312 g/mol. The Morgan fingerprint density at radius 1 is 1.24 bits per heavy atom. The summed E-state index contributed by atoms with van der Waals surface area (Å²) in [4.78, 5) is 13.6. The van der Waals surface area contributed by atoms with Crippen molar-refractivity contribution in [2.75, 3.05) is 0 Å². The van der Waals surface area contributed by atoms with Crippen LogP contribution in [0.3, 0.4) is 0 Å². The topological polar surface area (TPSA) is 95.8 Å². The van der Waals surface area contributed by atoms with Crippen LogP contribution >= 0.6 is 11.3 Å². The molecule has 2 N–H and O–H groups in total. The van der Waals surface area contributed by atoms with Gasteiger partial charge in [-0.1, -0.05) is 17.7 Å². The molecule has 6 nitrogen and oxygen atoms in total. The molecule has 2 aromatic rings. The van der Waals surface area contributed by atoms with E-state index < -0.39 is 16.0 Å². The minimum absolute atomic E-state index is 0.114. The molecule has 0 amide bonds. The molecule has 2 rings (SSSR count). The minimum Gasteiger partial charge on any atom is -0.477 e. The number of carbonyl (C=O) groups is 1. The summed E-state index contributed by atoms with van der Waals surface area (Å²) in [6.45, 7) is 1.86. The van der Waals surface area contributed by atoms with E-state index in [9.17, 15) is 13.2 Å². The first-order chi connectivity index (χ1) is 9.88. The van der Waals surface area contributed by atoms with Crippen LogP contribution in [0.1, 0.15) is 20.1 Å². The van der Waals surface area contributed by atoms with Gasteiger partial charge in [0.1, 0.15) is 4.88 Å². The number of nitrogens with one attached hydrogen (secondary N) is 1. The fourth-order valence-electron chi connectivity index (χ4n) is 1.47. The average Bonchev–Trinajstić information content (AvgIpc) is 2.88. The van der Waals surface area contributed by atoms with Gasteiger partial charge in [-0.3, -0.25) is 0 Å². The van der Waals surface area contributed by atoms with E-state index in [0.29, 0.717) is 4.88 Å². The predicted octanol–water partition coefficient (Wildman–Crippen LogP) is 2.07. The molecular formula is C13H12N2O4S2. The molecule has 0 radical (unpaired) electrons. The number of aromatic carboxylic acids is 1. The summed E-state index contributed by atoms with van der Waals surface area (Å²) in [5.74, 6) is -1.03. The van der Waals surface area contributed by atoms with Gasteiger partial charge in [-0.2, -0.15) is 13.5 Å². The predicted molar refractivity (Wildman–Crippen MR) is 80.4 cm³/mol. The van der Waals surface area contributed by atoms with Crippen LogP contribution in [0.5, 0.6) is 0 Å². The van der Waals surface area contributed by atoms with E-state index in [1.165, 1.54) is 24.4 Å². The molecule has 21 heavy (non-hydrogen) atoms. The maximum Gasteiger partial charge on any atom is 0.345 e. The zero-order chi connectivity index (χ0) is 15.5. The number of rotatable bonds is 5. The van der Waals surface area contributed by atoms with Crippen molar-refractivity contribution in [2.45, 2.75) is 11.8 Å². The Labute approximate surface area is 125 Å². The second kappa shape index (κ2) is 6.06. The molecule has 0 bridgehead atoms. The van der Waals surface area contributed by atoms with Crippen molar-refractivity contribution in [1.29, 1.82) is 0 Å². The molecule has 1 heterocycles. The number of hydrogen-bond donors (Lipinski definition) is 2. The number of aryl methyl sites for hydroxylation is 1. The molecule has 0 aliphatic heterocycles. The van der Waals surface area contributed by atoms with Gasteiger partial charge in [0, 0.05) is 4.88 Å². The van der Waals surface area contributed by atoms with Crippen LogP contribution in [-0.2, 0) is 10.0 Å². The second-order valence-corrected chi connectivity index (χ2v) is 6.95. The smallest absolute Gasteiger partial charge is 0.345 e. The Hall–Kier alpha value is -2.19. The van der Waals surface area contributed by atoms with Gasteiger partial charge in [0.05, 0.1) is 11.1 Å². The summed E-state index contributed by atoms with van der Waals surface area (Å²) < 4.78 is 23.9. The van der Waals surface area contributed by atoms with Crippen LogP contribution < -0.4 is 4.83 Å². The maximum absolute atomic E-state index is 11.9. The molecule has 0 aliphatic rings. The Kier molecular flexibility index (Phi) is 4.39. The molecule has 8 heteroatoms. The Morgan fingerprint density at radius 2 is 1.90 bits per heavy atom. The van der Waals surface area contributed by atoms with E-state index in [4.69, 9.17) is 5.11 Å². The van der Waals surface area contributed by atoms with E-state index in [1.54, 1.807) is 18.2 Å². The monoisotopic (exact) mass is 324 g/mol. The van der Waals surface area contributed by atoms with Crippen LogP contribution in [0.2, 0.25) is 0 Å². The lowest BCUT2D eigenvalue weighted by atomic mass is 10.2. The molecule has 0 unspecified atom stereocenters. The van der Waals surface area contributed by atoms with Crippen LogP contribution in [0, 0.1) is 6.92 Å². The van der Waals surface area contributed by atoms with Gasteiger partial charge < -0.3 is 5.11 Å². The van der Waals surface area contributed by atoms with E-state index in [-0.39, 0.29) is 9.77 Å². The quantitative estimate of drug-likeness (QED) is 0.650. The molecule has 0 fully saturated rings. The van der Waals surface area contributed by atoms with Gasteiger partial charge in [0.15, 0.2) is 0 Å². The van der Waals surface area contributed by atoms with Crippen LogP contribution in [0.25, 0.3) is 0 Å². The summed E-state index contributed by atoms with van der Waals surface area (Å²) in [5, 5.41) is 12.4. The standard InChI is InChI=1S/C13H12N2O4S2/c1-9-2-5-11(6-3-9)21(18,19)15-14-8-10-4-7-12(20-10)13(16)17/h2-8,15H,1H3,(H,16,17). The highest BCUT2D eigenvalue weighted by molar-refractivity contribution is 7.89. The molecule has 0 atom stereocenters. The highest BCUT2D eigenvalue weighted by Crippen LogP contribution is 2.14. The Morgan fingerprint density at radius 3 is 2.48 bits per heavy atom. The molecule has 1 aromatic carbocycles. The fourth-order valence-corrected chi connectivity index (χ4v) is 2.98. The molecule has 0 saturated heterocycles. The highest BCUT2D eigenvalue weighted by Gasteiger charge is 2.12. The zero-order valence-electron chi connectivity index (χ0n) is 11.0. The van der Waals surface area contributed by atoms with E-state index in [1.807, 2.05) is 6.92 Å². The van der Waals surface area contributed by atoms with Crippen molar-refractivity contribution < 1.29 is 18.3 Å². The normalized spacial score (nSPS) is 11.7. The van der Waals surface area contributed by atoms with Gasteiger partial charge >= 0.3 is 5.97 Å². The largest absolute Gasteiger partial charge is 0.477 e. The lowest BCUT2D eigenvalue weighted by molar-refractivity contribution is 0.0702. The number of benzene rings is 1. The summed E-state index contributed by atoms with van der Waals surface area (Å²) in [5.41, 5.74) is 0.956. The molecule has 0 aliphatic carbocycles. The van der Waals surface area contributed by atoms with Crippen molar-refractivity contribution in [3.63, 3.8) is 0 Å². The average molecular weight is 324 g/mol. The number of hydrazone groups is 1. The number of hydrogen-bond acceptors (Lipinski definition) is 5. The third kappa shape index (κ3) is 3.89. The first-order valence-electron chi connectivity index (χ1n) is 5.83. The fraction of sp³-hybridized carbons (Fsp3) is 0.0769. The first-order valence-corrected chi connectivity index (χ1v) is 8.13.